The van der Waals surface area contributed by atoms with Crippen molar-refractivity contribution in [3.8, 4) is 17.0 Å². The lowest BCUT2D eigenvalue weighted by Gasteiger charge is -2.33. The van der Waals surface area contributed by atoms with Gasteiger partial charge in [0.25, 0.3) is 5.91 Å². The maximum Gasteiger partial charge on any atom is 0.487 e. The van der Waals surface area contributed by atoms with Gasteiger partial charge in [-0.3, -0.25) is 9.59 Å². The Balaban J connectivity index is 1.41. The van der Waals surface area contributed by atoms with Crippen LogP contribution in [0.1, 0.15) is 55.6 Å². The fourth-order valence-electron chi connectivity index (χ4n) is 5.23. The van der Waals surface area contributed by atoms with Crippen molar-refractivity contribution in [1.29, 1.82) is 0 Å². The van der Waals surface area contributed by atoms with Crippen molar-refractivity contribution in [3.63, 3.8) is 0 Å². The molecule has 5 rings (SSSR count). The predicted molar refractivity (Wildman–Crippen MR) is 152 cm³/mol. The third kappa shape index (κ3) is 7.16. The first-order valence-corrected chi connectivity index (χ1v) is 14.3. The number of ether oxygens (including phenoxy) is 3. The van der Waals surface area contributed by atoms with Gasteiger partial charge in [-0.15, -0.1) is 8.78 Å². The Bertz CT molecular complexity index is 1380. The monoisotopic (exact) mass is 603 g/mol. The molecule has 3 aromatic rings. The van der Waals surface area contributed by atoms with Gasteiger partial charge in [0.05, 0.1) is 23.8 Å². The van der Waals surface area contributed by atoms with Gasteiger partial charge in [-0.1, -0.05) is 0 Å². The number of benzene rings is 1. The third-order valence-electron chi connectivity index (χ3n) is 7.26. The lowest BCUT2D eigenvalue weighted by Crippen LogP contribution is -2.37. The van der Waals surface area contributed by atoms with Crippen LogP contribution in [0.4, 0.5) is 20.3 Å². The van der Waals surface area contributed by atoms with Gasteiger partial charge in [0.2, 0.25) is 0 Å². The first kappa shape index (κ1) is 29.7. The second-order valence-corrected chi connectivity index (χ2v) is 10.6. The Morgan fingerprint density at radius 2 is 1.90 bits per heavy atom. The highest BCUT2D eigenvalue weighted by Crippen LogP contribution is 2.36. The molecule has 10 nitrogen and oxygen atoms in total. The standard InChI is InChI=1S/C29H32ClF2N5O5/c1-2-40-28(39)19-11-14-36(15-12-19)26-23(24-10-13-34-37(24)25-5-3-4-16-41-25)17-20(18-33-26)27(38)35-21-6-8-22(9-7-21)42-29(30,31)32/h6-10,13,17-19,25H,2-5,11-12,14-16H2,1H3,(H,35,38). The number of nitrogens with zero attached hydrogens (tertiary/aromatic N) is 4. The zero-order chi connectivity index (χ0) is 29.7. The fourth-order valence-corrected chi connectivity index (χ4v) is 5.32. The minimum absolute atomic E-state index is 0.147. The maximum absolute atomic E-state index is 13.3. The zero-order valence-corrected chi connectivity index (χ0v) is 23.9. The largest absolute Gasteiger partial charge is 0.487 e. The molecule has 13 heteroatoms. The van der Waals surface area contributed by atoms with Crippen molar-refractivity contribution in [2.75, 3.05) is 36.5 Å². The van der Waals surface area contributed by atoms with E-state index in [1.165, 1.54) is 30.5 Å². The van der Waals surface area contributed by atoms with E-state index in [9.17, 15) is 18.4 Å². The van der Waals surface area contributed by atoms with E-state index >= 15 is 0 Å². The summed E-state index contributed by atoms with van der Waals surface area (Å²) in [5.41, 5.74) is -1.71. The molecule has 224 valence electrons. The summed E-state index contributed by atoms with van der Waals surface area (Å²) in [4.78, 5) is 32.4. The number of carbonyl (C=O) groups is 2. The molecule has 2 aromatic heterocycles. The number of amides is 1. The Morgan fingerprint density at radius 1 is 1.14 bits per heavy atom. The van der Waals surface area contributed by atoms with Crippen molar-refractivity contribution in [2.45, 2.75) is 50.8 Å². The molecular weight excluding hydrogens is 572 g/mol. The minimum Gasteiger partial charge on any atom is -0.466 e. The van der Waals surface area contributed by atoms with Crippen LogP contribution in [-0.4, -0.2) is 58.5 Å². The number of anilines is 2. The lowest BCUT2D eigenvalue weighted by molar-refractivity contribution is -0.148. The molecular formula is C29H32ClF2N5O5. The van der Waals surface area contributed by atoms with Crippen LogP contribution in [0.25, 0.3) is 11.3 Å². The predicted octanol–water partition coefficient (Wildman–Crippen LogP) is 5.84. The van der Waals surface area contributed by atoms with Crippen LogP contribution in [0.2, 0.25) is 0 Å². The summed E-state index contributed by atoms with van der Waals surface area (Å²) < 4.78 is 43.2. The van der Waals surface area contributed by atoms with Crippen molar-refractivity contribution in [3.05, 3.63) is 54.4 Å². The van der Waals surface area contributed by atoms with Crippen molar-refractivity contribution in [1.82, 2.24) is 14.8 Å². The van der Waals surface area contributed by atoms with E-state index in [1.54, 1.807) is 19.2 Å². The molecule has 1 N–H and O–H groups in total. The van der Waals surface area contributed by atoms with E-state index in [4.69, 9.17) is 26.1 Å². The average Bonchev–Trinajstić information content (AvgIpc) is 3.48. The SMILES string of the molecule is CCOC(=O)C1CCN(c2ncc(C(=O)Nc3ccc(OC(F)(F)Cl)cc3)cc2-c2ccnn2C2CCCCO2)CC1. The number of nitrogens with one attached hydrogen (secondary N) is 1. The summed E-state index contributed by atoms with van der Waals surface area (Å²) in [6, 6.07) is 9.06. The van der Waals surface area contributed by atoms with Crippen molar-refractivity contribution < 1.29 is 32.6 Å². The van der Waals surface area contributed by atoms with E-state index in [0.29, 0.717) is 61.8 Å². The molecule has 0 bridgehead atoms. The molecule has 4 heterocycles. The number of esters is 1. The van der Waals surface area contributed by atoms with Crippen molar-refractivity contribution in [2.24, 2.45) is 5.92 Å². The van der Waals surface area contributed by atoms with E-state index in [2.05, 4.69) is 20.1 Å². The number of rotatable bonds is 9. The average molecular weight is 604 g/mol. The topological polar surface area (TPSA) is 108 Å². The molecule has 0 aliphatic carbocycles. The smallest absolute Gasteiger partial charge is 0.466 e. The van der Waals surface area contributed by atoms with Crippen LogP contribution >= 0.6 is 11.6 Å². The summed E-state index contributed by atoms with van der Waals surface area (Å²) in [7, 11) is 0. The summed E-state index contributed by atoms with van der Waals surface area (Å²) in [6.07, 6.45) is 7.05. The fraction of sp³-hybridized carbons (Fsp3) is 0.448. The number of alkyl halides is 3. The Kier molecular flexibility index (Phi) is 9.22. The summed E-state index contributed by atoms with van der Waals surface area (Å²) >= 11 is 4.82. The molecule has 1 aromatic carbocycles. The minimum atomic E-state index is -3.84. The molecule has 2 aliphatic rings. The van der Waals surface area contributed by atoms with Crippen LogP contribution in [0.3, 0.4) is 0 Å². The van der Waals surface area contributed by atoms with Gasteiger partial charge in [0.15, 0.2) is 6.23 Å². The second-order valence-electron chi connectivity index (χ2n) is 10.1. The first-order valence-electron chi connectivity index (χ1n) is 14.0. The second kappa shape index (κ2) is 13.0. The van der Waals surface area contributed by atoms with Gasteiger partial charge in [0, 0.05) is 54.9 Å². The number of carbonyl (C=O) groups excluding carboxylic acids is 2. The summed E-state index contributed by atoms with van der Waals surface area (Å²) in [6.45, 7) is 3.98. The molecule has 1 atom stereocenters. The van der Waals surface area contributed by atoms with E-state index < -0.39 is 11.5 Å². The Morgan fingerprint density at radius 3 is 2.57 bits per heavy atom. The van der Waals surface area contributed by atoms with Crippen LogP contribution in [0.15, 0.2) is 48.8 Å². The number of hydrogen-bond donors (Lipinski definition) is 1. The van der Waals surface area contributed by atoms with E-state index in [-0.39, 0.29) is 23.9 Å². The quantitative estimate of drug-likeness (QED) is 0.240. The van der Waals surface area contributed by atoms with Crippen LogP contribution in [0.5, 0.6) is 5.75 Å². The summed E-state index contributed by atoms with van der Waals surface area (Å²) in [5, 5.41) is 7.30. The van der Waals surface area contributed by atoms with Crippen LogP contribution < -0.4 is 15.0 Å². The van der Waals surface area contributed by atoms with Crippen molar-refractivity contribution >= 4 is 35.0 Å². The maximum atomic E-state index is 13.3. The van der Waals surface area contributed by atoms with Gasteiger partial charge in [-0.05, 0) is 75.4 Å². The van der Waals surface area contributed by atoms with Gasteiger partial charge in [0.1, 0.15) is 11.6 Å². The number of hydrogen-bond acceptors (Lipinski definition) is 8. The van der Waals surface area contributed by atoms with Crippen LogP contribution in [-0.2, 0) is 14.3 Å². The van der Waals surface area contributed by atoms with E-state index in [0.717, 1.165) is 25.0 Å². The molecule has 0 saturated carbocycles. The van der Waals surface area contributed by atoms with Gasteiger partial charge < -0.3 is 24.4 Å². The molecule has 0 spiro atoms. The number of pyridine rings is 1. The summed E-state index contributed by atoms with van der Waals surface area (Å²) in [5.74, 6) is -0.252. The van der Waals surface area contributed by atoms with Crippen LogP contribution in [0, 0.1) is 5.92 Å². The normalized spacial score (nSPS) is 18.0. The van der Waals surface area contributed by atoms with E-state index in [1.807, 2.05) is 10.7 Å². The molecule has 2 aliphatic heterocycles. The zero-order valence-electron chi connectivity index (χ0n) is 23.1. The molecule has 1 amide bonds. The third-order valence-corrected chi connectivity index (χ3v) is 7.34. The first-order chi connectivity index (χ1) is 20.2. The lowest BCUT2D eigenvalue weighted by atomic mass is 9.96. The van der Waals surface area contributed by atoms with Gasteiger partial charge in [-0.25, -0.2) is 9.67 Å². The number of piperidine rings is 1. The molecule has 2 fully saturated rings. The highest BCUT2D eigenvalue weighted by molar-refractivity contribution is 6.20. The number of halogens is 3. The molecule has 2 saturated heterocycles. The Labute approximate surface area is 246 Å². The molecule has 42 heavy (non-hydrogen) atoms. The molecule has 0 radical (unpaired) electrons. The van der Waals surface area contributed by atoms with Gasteiger partial charge in [-0.2, -0.15) is 5.10 Å². The molecule has 1 unspecified atom stereocenters. The highest BCUT2D eigenvalue weighted by Gasteiger charge is 2.30. The highest BCUT2D eigenvalue weighted by atomic mass is 35.5. The van der Waals surface area contributed by atoms with Gasteiger partial charge >= 0.3 is 11.5 Å². The number of aromatic nitrogens is 3. The Hall–Kier alpha value is -3.77.